The smallest absolute Gasteiger partial charge is 0.117 e. The van der Waals surface area contributed by atoms with E-state index in [9.17, 15) is 5.11 Å². The highest BCUT2D eigenvalue weighted by molar-refractivity contribution is 5.85. The average molecular weight is 418 g/mol. The van der Waals surface area contributed by atoms with Gasteiger partial charge in [-0.15, -0.1) is 12.4 Å². The van der Waals surface area contributed by atoms with Crippen molar-refractivity contribution in [2.75, 3.05) is 55.6 Å². The molecule has 1 heterocycles. The number of hydrogen-bond donors (Lipinski definition) is 1. The van der Waals surface area contributed by atoms with Gasteiger partial charge in [0.2, 0.25) is 0 Å². The second-order valence-electron chi connectivity index (χ2n) is 7.68. The maximum atomic E-state index is 9.67. The molecule has 1 aliphatic rings. The number of nitrogens with zero attached hydrogens (tertiary/aromatic N) is 3. The SMILES string of the molecule is CCN(CCCCCCN1CCN(c2ccccc2)CC1)c1cccc(O)c1.Cl. The minimum absolute atomic E-state index is 0. The number of phenols is 1. The molecule has 4 nitrogen and oxygen atoms in total. The maximum absolute atomic E-state index is 9.67. The lowest BCUT2D eigenvalue weighted by Crippen LogP contribution is -2.46. The molecule has 0 aliphatic carbocycles. The van der Waals surface area contributed by atoms with Crippen molar-refractivity contribution >= 4 is 23.8 Å². The molecule has 160 valence electrons. The molecule has 3 rings (SSSR count). The van der Waals surface area contributed by atoms with E-state index in [1.54, 1.807) is 6.07 Å². The van der Waals surface area contributed by atoms with Crippen LogP contribution in [-0.2, 0) is 0 Å². The highest BCUT2D eigenvalue weighted by Gasteiger charge is 2.16. The number of para-hydroxylation sites is 1. The van der Waals surface area contributed by atoms with Gasteiger partial charge in [-0.3, -0.25) is 4.90 Å². The van der Waals surface area contributed by atoms with Gasteiger partial charge in [-0.2, -0.15) is 0 Å². The van der Waals surface area contributed by atoms with E-state index in [1.165, 1.54) is 51.0 Å². The van der Waals surface area contributed by atoms with E-state index in [1.807, 2.05) is 12.1 Å². The topological polar surface area (TPSA) is 30.0 Å². The van der Waals surface area contributed by atoms with Crippen molar-refractivity contribution in [3.63, 3.8) is 0 Å². The summed E-state index contributed by atoms with van der Waals surface area (Å²) < 4.78 is 0. The molecule has 2 aromatic carbocycles. The van der Waals surface area contributed by atoms with Crippen molar-refractivity contribution in [1.82, 2.24) is 4.90 Å². The van der Waals surface area contributed by atoms with Crippen LogP contribution in [0.3, 0.4) is 0 Å². The minimum atomic E-state index is 0. The van der Waals surface area contributed by atoms with E-state index in [-0.39, 0.29) is 12.4 Å². The number of phenolic OH excluding ortho intramolecular Hbond substituents is 1. The molecule has 0 bridgehead atoms. The number of piperazine rings is 1. The second-order valence-corrected chi connectivity index (χ2v) is 7.68. The fourth-order valence-corrected chi connectivity index (χ4v) is 4.02. The van der Waals surface area contributed by atoms with E-state index < -0.39 is 0 Å². The quantitative estimate of drug-likeness (QED) is 0.549. The number of benzene rings is 2. The number of rotatable bonds is 10. The number of aromatic hydroxyl groups is 1. The Hall–Kier alpha value is -1.91. The summed E-state index contributed by atoms with van der Waals surface area (Å²) in [7, 11) is 0. The molecule has 0 saturated carbocycles. The minimum Gasteiger partial charge on any atom is -0.508 e. The first kappa shape index (κ1) is 23.4. The Kier molecular flexibility index (Phi) is 10.2. The molecule has 1 aliphatic heterocycles. The van der Waals surface area contributed by atoms with Gasteiger partial charge in [0.25, 0.3) is 0 Å². The Bertz CT molecular complexity index is 690. The lowest BCUT2D eigenvalue weighted by atomic mass is 10.1. The van der Waals surface area contributed by atoms with Crippen molar-refractivity contribution in [3.05, 3.63) is 54.6 Å². The van der Waals surface area contributed by atoms with Crippen molar-refractivity contribution in [1.29, 1.82) is 0 Å². The summed E-state index contributed by atoms with van der Waals surface area (Å²) >= 11 is 0. The normalized spacial score (nSPS) is 14.4. The third-order valence-corrected chi connectivity index (χ3v) is 5.72. The standard InChI is InChI=1S/C24H35N3O.ClH/c1-2-26(23-13-10-14-24(28)21-23)16-9-4-3-8-15-25-17-19-27(20-18-25)22-11-6-5-7-12-22;/h5-7,10-14,21,28H,2-4,8-9,15-20H2,1H3;1H. The van der Waals surface area contributed by atoms with Gasteiger partial charge in [0.1, 0.15) is 5.75 Å². The van der Waals surface area contributed by atoms with Gasteiger partial charge in [-0.25, -0.2) is 0 Å². The van der Waals surface area contributed by atoms with Gasteiger partial charge in [-0.1, -0.05) is 37.1 Å². The van der Waals surface area contributed by atoms with Crippen molar-refractivity contribution < 1.29 is 5.11 Å². The van der Waals surface area contributed by atoms with Crippen LogP contribution >= 0.6 is 12.4 Å². The van der Waals surface area contributed by atoms with Crippen LogP contribution in [0, 0.1) is 0 Å². The van der Waals surface area contributed by atoms with Gasteiger partial charge in [0.15, 0.2) is 0 Å². The summed E-state index contributed by atoms with van der Waals surface area (Å²) in [5.74, 6) is 0.350. The number of hydrogen-bond acceptors (Lipinski definition) is 4. The van der Waals surface area contributed by atoms with Crippen LogP contribution in [0.15, 0.2) is 54.6 Å². The molecule has 29 heavy (non-hydrogen) atoms. The molecule has 0 spiro atoms. The first-order valence-corrected chi connectivity index (χ1v) is 10.8. The van der Waals surface area contributed by atoms with E-state index in [0.717, 1.165) is 31.9 Å². The summed E-state index contributed by atoms with van der Waals surface area (Å²) in [6.07, 6.45) is 5.09. The zero-order valence-corrected chi connectivity index (χ0v) is 18.5. The first-order chi connectivity index (χ1) is 13.8. The van der Waals surface area contributed by atoms with E-state index in [4.69, 9.17) is 0 Å². The van der Waals surface area contributed by atoms with Crippen molar-refractivity contribution in [3.8, 4) is 5.75 Å². The lowest BCUT2D eigenvalue weighted by Gasteiger charge is -2.36. The van der Waals surface area contributed by atoms with Gasteiger partial charge in [-0.05, 0) is 50.6 Å². The number of halogens is 1. The molecule has 0 radical (unpaired) electrons. The summed E-state index contributed by atoms with van der Waals surface area (Å²) in [5, 5.41) is 9.67. The number of unbranched alkanes of at least 4 members (excludes halogenated alkanes) is 3. The Morgan fingerprint density at radius 1 is 0.862 bits per heavy atom. The predicted octanol–water partition coefficient (Wildman–Crippen LogP) is 5.02. The molecule has 2 aromatic rings. The molecule has 1 saturated heterocycles. The van der Waals surface area contributed by atoms with Gasteiger partial charge < -0.3 is 14.9 Å². The molecule has 1 fully saturated rings. The lowest BCUT2D eigenvalue weighted by molar-refractivity contribution is 0.252. The van der Waals surface area contributed by atoms with Crippen molar-refractivity contribution in [2.24, 2.45) is 0 Å². The third kappa shape index (κ3) is 7.45. The van der Waals surface area contributed by atoms with Crippen LogP contribution in [-0.4, -0.2) is 55.8 Å². The Labute approximate surface area is 182 Å². The Balaban J connectivity index is 0.00000300. The fraction of sp³-hybridized carbons (Fsp3) is 0.500. The summed E-state index contributed by atoms with van der Waals surface area (Å²) in [5.41, 5.74) is 2.48. The number of anilines is 2. The molecule has 0 atom stereocenters. The van der Waals surface area contributed by atoms with Crippen LogP contribution in [0.1, 0.15) is 32.6 Å². The first-order valence-electron chi connectivity index (χ1n) is 10.8. The molecular formula is C24H36ClN3O. The van der Waals surface area contributed by atoms with E-state index in [2.05, 4.69) is 58.0 Å². The van der Waals surface area contributed by atoms with Gasteiger partial charge in [0, 0.05) is 56.7 Å². The average Bonchev–Trinajstić information content (AvgIpc) is 2.74. The summed E-state index contributed by atoms with van der Waals surface area (Å²) in [4.78, 5) is 7.46. The summed E-state index contributed by atoms with van der Waals surface area (Å²) in [6.45, 7) is 10.1. The monoisotopic (exact) mass is 417 g/mol. The summed E-state index contributed by atoms with van der Waals surface area (Å²) in [6, 6.07) is 18.4. The molecule has 0 unspecified atom stereocenters. The zero-order valence-electron chi connectivity index (χ0n) is 17.7. The van der Waals surface area contributed by atoms with E-state index in [0.29, 0.717) is 5.75 Å². The molecule has 1 N–H and O–H groups in total. The van der Waals surface area contributed by atoms with Crippen molar-refractivity contribution in [2.45, 2.75) is 32.6 Å². The second kappa shape index (κ2) is 12.6. The van der Waals surface area contributed by atoms with Gasteiger partial charge in [0.05, 0.1) is 0 Å². The van der Waals surface area contributed by atoms with Crippen LogP contribution in [0.2, 0.25) is 0 Å². The molecule has 5 heteroatoms. The fourth-order valence-electron chi connectivity index (χ4n) is 4.02. The highest BCUT2D eigenvalue weighted by Crippen LogP contribution is 2.20. The van der Waals surface area contributed by atoms with E-state index >= 15 is 0 Å². The highest BCUT2D eigenvalue weighted by atomic mass is 35.5. The van der Waals surface area contributed by atoms with Gasteiger partial charge >= 0.3 is 0 Å². The third-order valence-electron chi connectivity index (χ3n) is 5.72. The molecule has 0 aromatic heterocycles. The maximum Gasteiger partial charge on any atom is 0.117 e. The Morgan fingerprint density at radius 2 is 1.59 bits per heavy atom. The van der Waals surface area contributed by atoms with Crippen LogP contribution < -0.4 is 9.80 Å². The van der Waals surface area contributed by atoms with Crippen LogP contribution in [0.25, 0.3) is 0 Å². The Morgan fingerprint density at radius 3 is 2.28 bits per heavy atom. The van der Waals surface area contributed by atoms with Crippen LogP contribution in [0.5, 0.6) is 5.75 Å². The zero-order chi connectivity index (χ0) is 19.6. The largest absolute Gasteiger partial charge is 0.508 e. The molecule has 0 amide bonds. The predicted molar refractivity (Wildman–Crippen MR) is 127 cm³/mol. The molecular weight excluding hydrogens is 382 g/mol. The van der Waals surface area contributed by atoms with Crippen LogP contribution in [0.4, 0.5) is 11.4 Å².